The maximum Gasteiger partial charge on any atom is 0.305 e. The van der Waals surface area contributed by atoms with Crippen molar-refractivity contribution in [3.63, 3.8) is 0 Å². The van der Waals surface area contributed by atoms with Crippen molar-refractivity contribution in [3.05, 3.63) is 0 Å². The molecule has 1 rings (SSSR count). The molecular formula is C23H46O7. The summed E-state index contributed by atoms with van der Waals surface area (Å²) in [6.45, 7) is 8.22. The van der Waals surface area contributed by atoms with Crippen LogP contribution in [-0.4, -0.2) is 48.4 Å². The van der Waals surface area contributed by atoms with Gasteiger partial charge < -0.3 is 19.7 Å². The lowest BCUT2D eigenvalue weighted by Gasteiger charge is -1.95. The molecule has 30 heavy (non-hydrogen) atoms. The molecule has 0 amide bonds. The number of ether oxygens (including phenoxy) is 2. The number of esters is 1. The molecule has 0 aromatic carbocycles. The fourth-order valence-electron chi connectivity index (χ4n) is 2.18. The van der Waals surface area contributed by atoms with Gasteiger partial charge in [0, 0.05) is 32.5 Å². The Balaban J connectivity index is -0.000000329. The van der Waals surface area contributed by atoms with E-state index in [4.69, 9.17) is 14.9 Å². The van der Waals surface area contributed by atoms with Crippen molar-refractivity contribution in [1.82, 2.24) is 0 Å². The van der Waals surface area contributed by atoms with E-state index >= 15 is 0 Å². The third kappa shape index (κ3) is 40.9. The number of rotatable bonds is 12. The third-order valence-corrected chi connectivity index (χ3v) is 4.03. The molecule has 180 valence electrons. The number of carbonyl (C=O) groups excluding carboxylic acids is 1. The predicted molar refractivity (Wildman–Crippen MR) is 120 cm³/mol. The zero-order valence-corrected chi connectivity index (χ0v) is 19.7. The molecule has 0 aromatic rings. The van der Waals surface area contributed by atoms with E-state index in [1.807, 2.05) is 0 Å². The summed E-state index contributed by atoms with van der Waals surface area (Å²) in [7, 11) is 1.42. The predicted octanol–water partition coefficient (Wildman–Crippen LogP) is 5.84. The minimum Gasteiger partial charge on any atom is -0.481 e. The summed E-state index contributed by atoms with van der Waals surface area (Å²) in [5, 5.41) is 16.3. The topological polar surface area (TPSA) is 110 Å². The van der Waals surface area contributed by atoms with Gasteiger partial charge in [-0.2, -0.15) is 0 Å². The van der Waals surface area contributed by atoms with E-state index in [1.54, 1.807) is 0 Å². The van der Waals surface area contributed by atoms with Crippen molar-refractivity contribution in [1.29, 1.82) is 0 Å². The maximum absolute atomic E-state index is 10.5. The minimum absolute atomic E-state index is 0.0940. The van der Waals surface area contributed by atoms with Gasteiger partial charge in [-0.05, 0) is 32.1 Å². The average Bonchev–Trinajstić information content (AvgIpc) is 3.29. The number of aliphatic carboxylic acids is 2. The summed E-state index contributed by atoms with van der Waals surface area (Å²) >= 11 is 0. The highest BCUT2D eigenvalue weighted by Crippen LogP contribution is 2.00. The smallest absolute Gasteiger partial charge is 0.305 e. The summed E-state index contributed by atoms with van der Waals surface area (Å²) in [5.74, 6) is -1.46. The molecule has 2 N–H and O–H groups in total. The normalized spacial score (nSPS) is 11.6. The van der Waals surface area contributed by atoms with Gasteiger partial charge in [0.15, 0.2) is 0 Å². The molecular weight excluding hydrogens is 388 g/mol. The van der Waals surface area contributed by atoms with Crippen LogP contribution in [0.5, 0.6) is 0 Å². The number of carboxylic acids is 2. The van der Waals surface area contributed by atoms with Gasteiger partial charge in [-0.3, -0.25) is 14.4 Å². The molecule has 0 bridgehead atoms. The molecule has 1 heterocycles. The highest BCUT2D eigenvalue weighted by Gasteiger charge is 1.97. The van der Waals surface area contributed by atoms with Gasteiger partial charge in [0.1, 0.15) is 0 Å². The van der Waals surface area contributed by atoms with Crippen LogP contribution in [0.15, 0.2) is 0 Å². The van der Waals surface area contributed by atoms with Crippen LogP contribution in [0.25, 0.3) is 0 Å². The summed E-state index contributed by atoms with van der Waals surface area (Å²) < 4.78 is 9.40. The molecule has 1 saturated heterocycles. The minimum atomic E-state index is -0.682. The quantitative estimate of drug-likeness (QED) is 0.293. The van der Waals surface area contributed by atoms with Crippen LogP contribution in [-0.2, 0) is 23.9 Å². The van der Waals surface area contributed by atoms with Crippen LogP contribution in [0, 0.1) is 0 Å². The van der Waals surface area contributed by atoms with Gasteiger partial charge in [0.2, 0.25) is 0 Å². The van der Waals surface area contributed by atoms with E-state index in [-0.39, 0.29) is 5.97 Å². The Hall–Kier alpha value is -1.63. The Morgan fingerprint density at radius 1 is 0.700 bits per heavy atom. The summed E-state index contributed by atoms with van der Waals surface area (Å²) in [5.41, 5.74) is 0. The van der Waals surface area contributed by atoms with Crippen molar-refractivity contribution in [3.8, 4) is 0 Å². The van der Waals surface area contributed by atoms with Crippen LogP contribution >= 0.6 is 0 Å². The van der Waals surface area contributed by atoms with Crippen molar-refractivity contribution in [2.24, 2.45) is 0 Å². The standard InChI is InChI=1S/C7H14O2.2C6H12O2.C4H8O/c1-3-4-5-6-7(8)9-2;2*1-2-3-4-5-6(7)8;1-2-4-5-3-1/h3-6H2,1-2H3;2*2-5H2,1H3,(H,7,8);1-4H2. The highest BCUT2D eigenvalue weighted by molar-refractivity contribution is 5.69. The first-order valence-electron chi connectivity index (χ1n) is 11.4. The van der Waals surface area contributed by atoms with Crippen LogP contribution in [0.4, 0.5) is 0 Å². The molecule has 0 spiro atoms. The lowest BCUT2D eigenvalue weighted by atomic mass is 10.2. The molecule has 0 atom stereocenters. The largest absolute Gasteiger partial charge is 0.481 e. The molecule has 1 fully saturated rings. The average molecular weight is 435 g/mol. The number of methoxy groups -OCH3 is 1. The van der Waals surface area contributed by atoms with Gasteiger partial charge in [-0.1, -0.05) is 59.3 Å². The number of hydrogen-bond donors (Lipinski definition) is 2. The summed E-state index contributed by atoms with van der Waals surface area (Å²) in [6.07, 6.45) is 12.9. The molecule has 7 nitrogen and oxygen atoms in total. The zero-order valence-electron chi connectivity index (χ0n) is 19.7. The molecule has 0 radical (unpaired) electrons. The van der Waals surface area contributed by atoms with E-state index in [1.165, 1.54) is 20.0 Å². The van der Waals surface area contributed by atoms with Gasteiger partial charge in [-0.25, -0.2) is 0 Å². The lowest BCUT2D eigenvalue weighted by molar-refractivity contribution is -0.141. The highest BCUT2D eigenvalue weighted by atomic mass is 16.5. The van der Waals surface area contributed by atoms with Gasteiger partial charge in [0.05, 0.1) is 7.11 Å². The molecule has 0 saturated carbocycles. The van der Waals surface area contributed by atoms with E-state index in [0.717, 1.165) is 71.0 Å². The van der Waals surface area contributed by atoms with Crippen molar-refractivity contribution >= 4 is 17.9 Å². The second-order valence-electron chi connectivity index (χ2n) is 7.05. The third-order valence-electron chi connectivity index (χ3n) is 4.03. The van der Waals surface area contributed by atoms with Crippen LogP contribution in [0.2, 0.25) is 0 Å². The monoisotopic (exact) mass is 434 g/mol. The van der Waals surface area contributed by atoms with E-state index in [2.05, 4.69) is 25.5 Å². The second kappa shape index (κ2) is 29.6. The molecule has 7 heteroatoms. The van der Waals surface area contributed by atoms with E-state index < -0.39 is 11.9 Å². The van der Waals surface area contributed by atoms with Crippen LogP contribution < -0.4 is 0 Å². The molecule has 0 aliphatic carbocycles. The first-order chi connectivity index (χ1) is 14.3. The van der Waals surface area contributed by atoms with Gasteiger partial charge in [0.25, 0.3) is 0 Å². The van der Waals surface area contributed by atoms with E-state index in [9.17, 15) is 14.4 Å². The first-order valence-corrected chi connectivity index (χ1v) is 11.4. The van der Waals surface area contributed by atoms with Crippen LogP contribution in [0.3, 0.4) is 0 Å². The molecule has 1 aliphatic heterocycles. The summed E-state index contributed by atoms with van der Waals surface area (Å²) in [4.78, 5) is 30.2. The fraction of sp³-hybridized carbons (Fsp3) is 0.870. The zero-order chi connectivity index (χ0) is 23.5. The molecule has 1 aliphatic rings. The number of hydrogen-bond acceptors (Lipinski definition) is 5. The number of carbonyl (C=O) groups is 3. The summed E-state index contributed by atoms with van der Waals surface area (Å²) in [6, 6.07) is 0. The Morgan fingerprint density at radius 3 is 1.30 bits per heavy atom. The first kappa shape index (κ1) is 33.0. The Labute approximate surface area is 183 Å². The van der Waals surface area contributed by atoms with Gasteiger partial charge in [-0.15, -0.1) is 0 Å². The Kier molecular flexibility index (Phi) is 32.5. The molecule has 0 aromatic heterocycles. The SMILES string of the molecule is C1CCOC1.CCCCCC(=O)O.CCCCCC(=O)O.CCCCCC(=O)OC. The fourth-order valence-corrected chi connectivity index (χ4v) is 2.18. The van der Waals surface area contributed by atoms with E-state index in [0.29, 0.717) is 19.3 Å². The molecule has 0 unspecified atom stereocenters. The Bertz CT molecular complexity index is 352. The van der Waals surface area contributed by atoms with Crippen molar-refractivity contribution < 1.29 is 34.1 Å². The number of carboxylic acid groups (broad SMARTS) is 2. The lowest BCUT2D eigenvalue weighted by Crippen LogP contribution is -1.98. The van der Waals surface area contributed by atoms with Crippen LogP contribution in [0.1, 0.15) is 111 Å². The number of unbranched alkanes of at least 4 members (excludes halogenated alkanes) is 6. The second-order valence-corrected chi connectivity index (χ2v) is 7.05. The Morgan fingerprint density at radius 2 is 1.07 bits per heavy atom. The van der Waals surface area contributed by atoms with Crippen molar-refractivity contribution in [2.75, 3.05) is 20.3 Å². The van der Waals surface area contributed by atoms with Crippen molar-refractivity contribution in [2.45, 2.75) is 111 Å². The maximum atomic E-state index is 10.5. The van der Waals surface area contributed by atoms with Gasteiger partial charge >= 0.3 is 17.9 Å².